The molecule has 2 nitrogen and oxygen atoms in total. The van der Waals surface area contributed by atoms with Gasteiger partial charge in [-0.2, -0.15) is 0 Å². The van der Waals surface area contributed by atoms with Crippen molar-refractivity contribution >= 4 is 33.1 Å². The van der Waals surface area contributed by atoms with E-state index in [1.807, 2.05) is 6.20 Å². The van der Waals surface area contributed by atoms with Crippen LogP contribution in [0.1, 0.15) is 10.4 Å². The minimum absolute atomic E-state index is 0.908. The third kappa shape index (κ3) is 2.62. The number of halogens is 1. The van der Waals surface area contributed by atoms with Crippen molar-refractivity contribution in [2.45, 2.75) is 13.5 Å². The second-order valence-corrected chi connectivity index (χ2v) is 5.61. The molecule has 84 valence electrons. The average molecular weight is 297 g/mol. The van der Waals surface area contributed by atoms with E-state index in [4.69, 9.17) is 0 Å². The van der Waals surface area contributed by atoms with Gasteiger partial charge in [-0.1, -0.05) is 6.07 Å². The summed E-state index contributed by atoms with van der Waals surface area (Å²) >= 11 is 5.23. The molecule has 0 saturated carbocycles. The molecule has 0 aliphatic carbocycles. The predicted molar refractivity (Wildman–Crippen MR) is 73.1 cm³/mol. The Bertz CT molecular complexity index is 468. The zero-order chi connectivity index (χ0) is 11.5. The monoisotopic (exact) mass is 296 g/mol. The van der Waals surface area contributed by atoms with Gasteiger partial charge < -0.3 is 4.90 Å². The second-order valence-electron chi connectivity index (χ2n) is 3.73. The van der Waals surface area contributed by atoms with E-state index in [0.29, 0.717) is 0 Å². The molecular formula is C12H13BrN2S. The highest BCUT2D eigenvalue weighted by Crippen LogP contribution is 2.21. The molecule has 0 aromatic carbocycles. The summed E-state index contributed by atoms with van der Waals surface area (Å²) in [5.41, 5.74) is 1.21. The fraction of sp³-hybridized carbons (Fsp3) is 0.250. The number of hydrogen-bond acceptors (Lipinski definition) is 3. The number of thiophene rings is 1. The van der Waals surface area contributed by atoms with Gasteiger partial charge in [0.1, 0.15) is 5.82 Å². The van der Waals surface area contributed by atoms with Crippen LogP contribution in [0.25, 0.3) is 0 Å². The average Bonchev–Trinajstić information content (AvgIpc) is 2.74. The molecule has 16 heavy (non-hydrogen) atoms. The van der Waals surface area contributed by atoms with Crippen molar-refractivity contribution in [3.63, 3.8) is 0 Å². The van der Waals surface area contributed by atoms with E-state index in [9.17, 15) is 0 Å². The number of nitrogens with zero attached hydrogens (tertiary/aromatic N) is 2. The Morgan fingerprint density at radius 1 is 1.50 bits per heavy atom. The number of rotatable bonds is 3. The minimum atomic E-state index is 0.908. The highest BCUT2D eigenvalue weighted by atomic mass is 79.9. The van der Waals surface area contributed by atoms with Crippen LogP contribution < -0.4 is 4.90 Å². The van der Waals surface area contributed by atoms with Gasteiger partial charge in [0.05, 0.1) is 6.54 Å². The smallest absolute Gasteiger partial charge is 0.128 e. The number of anilines is 1. The van der Waals surface area contributed by atoms with Gasteiger partial charge in [0, 0.05) is 22.6 Å². The van der Waals surface area contributed by atoms with Crippen molar-refractivity contribution in [1.82, 2.24) is 4.98 Å². The fourth-order valence-corrected chi connectivity index (χ4v) is 2.42. The molecule has 2 aromatic heterocycles. The first-order valence-electron chi connectivity index (χ1n) is 5.02. The van der Waals surface area contributed by atoms with E-state index in [-0.39, 0.29) is 0 Å². The molecule has 2 heterocycles. The summed E-state index contributed by atoms with van der Waals surface area (Å²) < 4.78 is 1.06. The zero-order valence-electron chi connectivity index (χ0n) is 9.27. The molecule has 0 atom stereocenters. The van der Waals surface area contributed by atoms with Crippen LogP contribution in [0.5, 0.6) is 0 Å². The van der Waals surface area contributed by atoms with Crippen molar-refractivity contribution in [3.8, 4) is 0 Å². The third-order valence-corrected chi connectivity index (χ3v) is 4.09. The lowest BCUT2D eigenvalue weighted by Gasteiger charge is -2.17. The summed E-state index contributed by atoms with van der Waals surface area (Å²) in [5, 5.41) is 2.10. The van der Waals surface area contributed by atoms with Gasteiger partial charge in [0.2, 0.25) is 0 Å². The van der Waals surface area contributed by atoms with Crippen LogP contribution in [0.4, 0.5) is 5.82 Å². The summed E-state index contributed by atoms with van der Waals surface area (Å²) in [6.07, 6.45) is 1.86. The summed E-state index contributed by atoms with van der Waals surface area (Å²) in [4.78, 5) is 7.91. The van der Waals surface area contributed by atoms with Gasteiger partial charge in [-0.25, -0.2) is 4.98 Å². The third-order valence-electron chi connectivity index (χ3n) is 2.40. The molecule has 0 saturated heterocycles. The first-order valence-corrected chi connectivity index (χ1v) is 6.70. The van der Waals surface area contributed by atoms with Crippen molar-refractivity contribution in [2.75, 3.05) is 11.9 Å². The molecule has 0 amide bonds. The highest BCUT2D eigenvalue weighted by Gasteiger charge is 2.05. The van der Waals surface area contributed by atoms with Crippen LogP contribution in [0.3, 0.4) is 0 Å². The van der Waals surface area contributed by atoms with Gasteiger partial charge >= 0.3 is 0 Å². The summed E-state index contributed by atoms with van der Waals surface area (Å²) in [5.74, 6) is 1.01. The quantitative estimate of drug-likeness (QED) is 0.855. The van der Waals surface area contributed by atoms with E-state index in [2.05, 4.69) is 63.4 Å². The molecule has 2 aromatic rings. The molecule has 0 unspecified atom stereocenters. The molecule has 0 bridgehead atoms. The van der Waals surface area contributed by atoms with Gasteiger partial charge in [-0.05, 0) is 45.9 Å². The van der Waals surface area contributed by atoms with Crippen molar-refractivity contribution in [2.24, 2.45) is 0 Å². The molecule has 4 heteroatoms. The Balaban J connectivity index is 2.14. The normalized spacial score (nSPS) is 10.4. The maximum atomic E-state index is 4.40. The number of hydrogen-bond donors (Lipinski definition) is 0. The lowest BCUT2D eigenvalue weighted by molar-refractivity contribution is 0.909. The lowest BCUT2D eigenvalue weighted by atomic mass is 10.3. The van der Waals surface area contributed by atoms with Gasteiger partial charge in [-0.15, -0.1) is 11.3 Å². The van der Waals surface area contributed by atoms with Crippen molar-refractivity contribution in [1.29, 1.82) is 0 Å². The highest BCUT2D eigenvalue weighted by molar-refractivity contribution is 9.10. The molecule has 0 radical (unpaired) electrons. The Morgan fingerprint density at radius 3 is 2.94 bits per heavy atom. The van der Waals surface area contributed by atoms with Gasteiger partial charge in [0.15, 0.2) is 0 Å². The maximum absolute atomic E-state index is 4.40. The van der Waals surface area contributed by atoms with E-state index >= 15 is 0 Å². The summed E-state index contributed by atoms with van der Waals surface area (Å²) in [6, 6.07) is 6.32. The SMILES string of the molecule is Cc1cc(N(C)Cc2cccs2)ncc1Br. The van der Waals surface area contributed by atoms with Crippen LogP contribution in [-0.4, -0.2) is 12.0 Å². The fourth-order valence-electron chi connectivity index (χ4n) is 1.45. The van der Waals surface area contributed by atoms with E-state index in [1.165, 1.54) is 10.4 Å². The van der Waals surface area contributed by atoms with E-state index in [0.717, 1.165) is 16.8 Å². The molecule has 0 aliphatic heterocycles. The van der Waals surface area contributed by atoms with Crippen LogP contribution in [0.2, 0.25) is 0 Å². The standard InChI is InChI=1S/C12H13BrN2S/c1-9-6-12(14-7-11(9)13)15(2)8-10-4-3-5-16-10/h3-7H,8H2,1-2H3. The molecule has 0 N–H and O–H groups in total. The number of aryl methyl sites for hydroxylation is 1. The zero-order valence-corrected chi connectivity index (χ0v) is 11.7. The minimum Gasteiger partial charge on any atom is -0.355 e. The van der Waals surface area contributed by atoms with Crippen molar-refractivity contribution in [3.05, 3.63) is 44.7 Å². The Hall–Kier alpha value is -0.870. The van der Waals surface area contributed by atoms with Crippen molar-refractivity contribution < 1.29 is 0 Å². The molecular weight excluding hydrogens is 284 g/mol. The first kappa shape index (κ1) is 11.6. The summed E-state index contributed by atoms with van der Waals surface area (Å²) in [6.45, 7) is 2.99. The van der Waals surface area contributed by atoms with Crippen LogP contribution in [-0.2, 0) is 6.54 Å². The number of aromatic nitrogens is 1. The second kappa shape index (κ2) is 4.97. The van der Waals surface area contributed by atoms with Crippen LogP contribution in [0, 0.1) is 6.92 Å². The Kier molecular flexibility index (Phi) is 3.61. The molecule has 2 rings (SSSR count). The van der Waals surface area contributed by atoms with E-state index < -0.39 is 0 Å². The molecule has 0 fully saturated rings. The summed E-state index contributed by atoms with van der Waals surface area (Å²) in [7, 11) is 2.06. The lowest BCUT2D eigenvalue weighted by Crippen LogP contribution is -2.16. The van der Waals surface area contributed by atoms with Gasteiger partial charge in [-0.3, -0.25) is 0 Å². The van der Waals surface area contributed by atoms with Gasteiger partial charge in [0.25, 0.3) is 0 Å². The predicted octanol–water partition coefficient (Wildman–Crippen LogP) is 3.85. The van der Waals surface area contributed by atoms with Crippen LogP contribution >= 0.6 is 27.3 Å². The largest absolute Gasteiger partial charge is 0.355 e. The van der Waals surface area contributed by atoms with E-state index in [1.54, 1.807) is 11.3 Å². The maximum Gasteiger partial charge on any atom is 0.128 e. The Morgan fingerprint density at radius 2 is 2.31 bits per heavy atom. The Labute approximate surface area is 108 Å². The topological polar surface area (TPSA) is 16.1 Å². The molecule has 0 aliphatic rings. The first-order chi connectivity index (χ1) is 7.66. The number of pyridine rings is 1. The molecule has 0 spiro atoms. The van der Waals surface area contributed by atoms with Crippen LogP contribution in [0.15, 0.2) is 34.2 Å².